The van der Waals surface area contributed by atoms with Crippen molar-refractivity contribution < 1.29 is 4.79 Å². The maximum atomic E-state index is 12.4. The van der Waals surface area contributed by atoms with Crippen LogP contribution >= 0.6 is 11.3 Å². The third kappa shape index (κ3) is 2.80. The molecule has 1 aromatic carbocycles. The molecule has 1 aromatic heterocycles. The average Bonchev–Trinajstić information content (AvgIpc) is 3.09. The number of allylic oxidation sites excluding steroid dienone is 1. The summed E-state index contributed by atoms with van der Waals surface area (Å²) in [7, 11) is 0. The van der Waals surface area contributed by atoms with E-state index in [1.54, 1.807) is 11.3 Å². The van der Waals surface area contributed by atoms with E-state index in [1.165, 1.54) is 15.8 Å². The standard InChI is InChI=1S/C18H22N2OS/c1-4-9-20-15-11-12(2)10-13(3)16(15)22-18(20)19-17(21)14-7-5-6-8-14/h4,10-11,14H,1,5-9H2,2-3H3. The SMILES string of the molecule is C=CCn1c(=NC(=O)C2CCCC2)sc2c(C)cc(C)cc21. The Kier molecular flexibility index (Phi) is 4.30. The number of carbonyl (C=O) groups is 1. The maximum absolute atomic E-state index is 12.4. The van der Waals surface area contributed by atoms with Crippen molar-refractivity contribution in [2.45, 2.75) is 46.1 Å². The first kappa shape index (κ1) is 15.2. The van der Waals surface area contributed by atoms with Gasteiger partial charge in [-0.2, -0.15) is 4.99 Å². The maximum Gasteiger partial charge on any atom is 0.251 e. The molecule has 3 nitrogen and oxygen atoms in total. The number of hydrogen-bond acceptors (Lipinski definition) is 2. The molecule has 0 atom stereocenters. The van der Waals surface area contributed by atoms with Gasteiger partial charge in [0.25, 0.3) is 5.91 Å². The van der Waals surface area contributed by atoms with E-state index in [0.717, 1.165) is 36.0 Å². The molecule has 0 radical (unpaired) electrons. The van der Waals surface area contributed by atoms with Gasteiger partial charge in [-0.05, 0) is 43.9 Å². The second-order valence-electron chi connectivity index (χ2n) is 6.15. The molecule has 1 saturated carbocycles. The lowest BCUT2D eigenvalue weighted by molar-refractivity contribution is -0.121. The number of aryl methyl sites for hydroxylation is 2. The van der Waals surface area contributed by atoms with E-state index in [-0.39, 0.29) is 11.8 Å². The van der Waals surface area contributed by atoms with Gasteiger partial charge in [-0.1, -0.05) is 36.3 Å². The Morgan fingerprint density at radius 2 is 2.14 bits per heavy atom. The lowest BCUT2D eigenvalue weighted by Crippen LogP contribution is -2.19. The summed E-state index contributed by atoms with van der Waals surface area (Å²) in [6, 6.07) is 4.35. The Bertz CT molecular complexity index is 791. The highest BCUT2D eigenvalue weighted by Gasteiger charge is 2.22. The summed E-state index contributed by atoms with van der Waals surface area (Å²) in [6.45, 7) is 8.74. The number of aromatic nitrogens is 1. The number of benzene rings is 1. The fourth-order valence-electron chi connectivity index (χ4n) is 3.26. The largest absolute Gasteiger partial charge is 0.312 e. The summed E-state index contributed by atoms with van der Waals surface area (Å²) in [4.78, 5) is 17.7. The Morgan fingerprint density at radius 3 is 2.82 bits per heavy atom. The van der Waals surface area contributed by atoms with Crippen molar-refractivity contribution in [1.29, 1.82) is 0 Å². The minimum atomic E-state index is 0.0521. The third-order valence-electron chi connectivity index (χ3n) is 4.34. The molecule has 22 heavy (non-hydrogen) atoms. The van der Waals surface area contributed by atoms with Gasteiger partial charge in [0, 0.05) is 12.5 Å². The van der Waals surface area contributed by atoms with E-state index in [1.807, 2.05) is 6.08 Å². The van der Waals surface area contributed by atoms with Gasteiger partial charge in [-0.15, -0.1) is 6.58 Å². The summed E-state index contributed by atoms with van der Waals surface area (Å²) >= 11 is 1.61. The molecule has 2 aromatic rings. The normalized spacial score (nSPS) is 16.5. The van der Waals surface area contributed by atoms with Crippen LogP contribution in [0, 0.1) is 19.8 Å². The van der Waals surface area contributed by atoms with Crippen LogP contribution in [0.2, 0.25) is 0 Å². The van der Waals surface area contributed by atoms with E-state index >= 15 is 0 Å². The predicted molar refractivity (Wildman–Crippen MR) is 92.0 cm³/mol. The quantitative estimate of drug-likeness (QED) is 0.785. The second kappa shape index (κ2) is 6.21. The molecule has 0 N–H and O–H groups in total. The van der Waals surface area contributed by atoms with Crippen molar-refractivity contribution in [2.75, 3.05) is 0 Å². The molecule has 1 amide bonds. The zero-order valence-electron chi connectivity index (χ0n) is 13.3. The lowest BCUT2D eigenvalue weighted by Gasteiger charge is -2.04. The number of fused-ring (bicyclic) bond motifs is 1. The van der Waals surface area contributed by atoms with E-state index in [0.29, 0.717) is 6.54 Å². The van der Waals surface area contributed by atoms with Crippen LogP contribution in [0.15, 0.2) is 29.8 Å². The summed E-state index contributed by atoms with van der Waals surface area (Å²) in [5.74, 6) is 0.182. The Labute approximate surface area is 135 Å². The van der Waals surface area contributed by atoms with Crippen LogP contribution in [0.4, 0.5) is 0 Å². The van der Waals surface area contributed by atoms with Gasteiger partial charge in [0.1, 0.15) is 0 Å². The van der Waals surface area contributed by atoms with Crippen molar-refractivity contribution in [3.8, 4) is 0 Å². The number of rotatable bonds is 3. The molecule has 0 saturated heterocycles. The van der Waals surface area contributed by atoms with Crippen molar-refractivity contribution in [3.05, 3.63) is 40.7 Å². The summed E-state index contributed by atoms with van der Waals surface area (Å²) in [5, 5.41) is 0. The molecule has 0 bridgehead atoms. The van der Waals surface area contributed by atoms with Crippen LogP contribution in [0.25, 0.3) is 10.2 Å². The van der Waals surface area contributed by atoms with Gasteiger partial charge in [0.05, 0.1) is 10.2 Å². The highest BCUT2D eigenvalue weighted by atomic mass is 32.1. The smallest absolute Gasteiger partial charge is 0.251 e. The highest BCUT2D eigenvalue weighted by Crippen LogP contribution is 2.26. The number of carbonyl (C=O) groups excluding carboxylic acids is 1. The molecule has 0 spiro atoms. The van der Waals surface area contributed by atoms with Crippen molar-refractivity contribution in [2.24, 2.45) is 10.9 Å². The number of thiazole rings is 1. The fraction of sp³-hybridized carbons (Fsp3) is 0.444. The topological polar surface area (TPSA) is 34.4 Å². The van der Waals surface area contributed by atoms with Crippen LogP contribution in [0.1, 0.15) is 36.8 Å². The Hall–Kier alpha value is -1.68. The zero-order chi connectivity index (χ0) is 15.7. The lowest BCUT2D eigenvalue weighted by atomic mass is 10.1. The van der Waals surface area contributed by atoms with Gasteiger partial charge in [-0.3, -0.25) is 4.79 Å². The van der Waals surface area contributed by atoms with E-state index in [9.17, 15) is 4.79 Å². The molecule has 0 aliphatic heterocycles. The van der Waals surface area contributed by atoms with Gasteiger partial charge in [-0.25, -0.2) is 0 Å². The predicted octanol–water partition coefficient (Wildman–Crippen LogP) is 4.12. The Morgan fingerprint density at radius 1 is 1.41 bits per heavy atom. The van der Waals surface area contributed by atoms with Gasteiger partial charge in [0.2, 0.25) is 0 Å². The first-order chi connectivity index (χ1) is 10.6. The first-order valence-electron chi connectivity index (χ1n) is 7.90. The Balaban J connectivity index is 2.15. The molecule has 4 heteroatoms. The molecular weight excluding hydrogens is 292 g/mol. The molecule has 116 valence electrons. The zero-order valence-corrected chi connectivity index (χ0v) is 14.1. The van der Waals surface area contributed by atoms with E-state index in [2.05, 4.69) is 42.1 Å². The number of nitrogens with zero attached hydrogens (tertiary/aromatic N) is 2. The summed E-state index contributed by atoms with van der Waals surface area (Å²) in [5.41, 5.74) is 3.63. The van der Waals surface area contributed by atoms with Crippen LogP contribution in [-0.2, 0) is 11.3 Å². The summed E-state index contributed by atoms with van der Waals surface area (Å²) < 4.78 is 3.32. The molecule has 1 aliphatic carbocycles. The first-order valence-corrected chi connectivity index (χ1v) is 8.72. The van der Waals surface area contributed by atoms with Crippen molar-refractivity contribution >= 4 is 27.5 Å². The van der Waals surface area contributed by atoms with Crippen LogP contribution < -0.4 is 4.80 Å². The second-order valence-corrected chi connectivity index (χ2v) is 7.12. The molecule has 1 aliphatic rings. The van der Waals surface area contributed by atoms with Crippen molar-refractivity contribution in [1.82, 2.24) is 4.57 Å². The van der Waals surface area contributed by atoms with E-state index < -0.39 is 0 Å². The minimum Gasteiger partial charge on any atom is -0.312 e. The number of hydrogen-bond donors (Lipinski definition) is 0. The van der Waals surface area contributed by atoms with Crippen molar-refractivity contribution in [3.63, 3.8) is 0 Å². The fourth-order valence-corrected chi connectivity index (χ4v) is 4.36. The molecule has 1 heterocycles. The van der Waals surface area contributed by atoms with Crippen LogP contribution in [0.3, 0.4) is 0 Å². The average molecular weight is 314 g/mol. The summed E-state index contributed by atoms with van der Waals surface area (Å²) in [6.07, 6.45) is 6.16. The monoisotopic (exact) mass is 314 g/mol. The van der Waals surface area contributed by atoms with Gasteiger partial charge >= 0.3 is 0 Å². The molecular formula is C18H22N2OS. The van der Waals surface area contributed by atoms with E-state index in [4.69, 9.17) is 0 Å². The molecule has 1 fully saturated rings. The number of amides is 1. The van der Waals surface area contributed by atoms with Gasteiger partial charge < -0.3 is 4.57 Å². The van der Waals surface area contributed by atoms with Crippen LogP contribution in [-0.4, -0.2) is 10.5 Å². The highest BCUT2D eigenvalue weighted by molar-refractivity contribution is 7.16. The third-order valence-corrected chi connectivity index (χ3v) is 5.57. The molecule has 0 unspecified atom stereocenters. The van der Waals surface area contributed by atoms with Crippen LogP contribution in [0.5, 0.6) is 0 Å². The van der Waals surface area contributed by atoms with Gasteiger partial charge in [0.15, 0.2) is 4.80 Å². The molecule has 3 rings (SSSR count). The minimum absolute atomic E-state index is 0.0521.